The molecule has 0 spiro atoms. The number of nitrogens with two attached hydrogens (primary N) is 1. The molecule has 4 nitrogen and oxygen atoms in total. The zero-order valence-corrected chi connectivity index (χ0v) is 11.5. The van der Waals surface area contributed by atoms with Gasteiger partial charge in [-0.1, -0.05) is 18.2 Å². The molecule has 1 rings (SSSR count). The summed E-state index contributed by atoms with van der Waals surface area (Å²) in [5, 5.41) is 9.21. The van der Waals surface area contributed by atoms with Crippen LogP contribution in [0.25, 0.3) is 0 Å². The molecular formula is C15H22N2O2. The van der Waals surface area contributed by atoms with Crippen molar-refractivity contribution in [2.75, 3.05) is 6.54 Å². The minimum atomic E-state index is -0.577. The van der Waals surface area contributed by atoms with Crippen LogP contribution in [-0.2, 0) is 11.2 Å². The lowest BCUT2D eigenvalue weighted by Gasteiger charge is -2.28. The van der Waals surface area contributed by atoms with Gasteiger partial charge in [-0.3, -0.25) is 4.79 Å². The van der Waals surface area contributed by atoms with Crippen molar-refractivity contribution < 1.29 is 9.90 Å². The molecule has 1 amide bonds. The fourth-order valence-electron chi connectivity index (χ4n) is 1.88. The van der Waals surface area contributed by atoms with Crippen LogP contribution in [0.5, 0.6) is 5.75 Å². The Labute approximate surface area is 114 Å². The van der Waals surface area contributed by atoms with Gasteiger partial charge in [-0.05, 0) is 38.0 Å². The van der Waals surface area contributed by atoms with E-state index in [1.54, 1.807) is 35.2 Å². The lowest BCUT2D eigenvalue weighted by atomic mass is 10.0. The highest BCUT2D eigenvalue weighted by atomic mass is 16.3. The van der Waals surface area contributed by atoms with E-state index in [1.807, 2.05) is 13.8 Å². The number of phenolic OH excluding ortho intramolecular Hbond substituents is 1. The van der Waals surface area contributed by atoms with Crippen molar-refractivity contribution in [3.05, 3.63) is 42.5 Å². The van der Waals surface area contributed by atoms with E-state index in [0.29, 0.717) is 13.0 Å². The van der Waals surface area contributed by atoms with E-state index in [4.69, 9.17) is 5.73 Å². The van der Waals surface area contributed by atoms with Crippen molar-refractivity contribution in [2.45, 2.75) is 32.4 Å². The van der Waals surface area contributed by atoms with Crippen LogP contribution in [-0.4, -0.2) is 34.5 Å². The molecule has 0 aromatic heterocycles. The molecule has 0 aliphatic carbocycles. The van der Waals surface area contributed by atoms with Crippen molar-refractivity contribution in [2.24, 2.45) is 5.73 Å². The van der Waals surface area contributed by atoms with Gasteiger partial charge in [-0.15, -0.1) is 6.58 Å². The van der Waals surface area contributed by atoms with E-state index in [-0.39, 0.29) is 17.7 Å². The van der Waals surface area contributed by atoms with Gasteiger partial charge in [0, 0.05) is 12.6 Å². The molecule has 0 unspecified atom stereocenters. The van der Waals surface area contributed by atoms with Crippen LogP contribution >= 0.6 is 0 Å². The number of nitrogens with zero attached hydrogens (tertiary/aromatic N) is 1. The molecule has 0 heterocycles. The third kappa shape index (κ3) is 4.41. The number of amides is 1. The first-order valence-electron chi connectivity index (χ1n) is 6.40. The highest BCUT2D eigenvalue weighted by Crippen LogP contribution is 2.12. The summed E-state index contributed by atoms with van der Waals surface area (Å²) in [4.78, 5) is 14.0. The predicted molar refractivity (Wildman–Crippen MR) is 76.8 cm³/mol. The smallest absolute Gasteiger partial charge is 0.240 e. The number of benzene rings is 1. The Bertz CT molecular complexity index is 426. The summed E-state index contributed by atoms with van der Waals surface area (Å²) in [6, 6.07) is 6.25. The average Bonchev–Trinajstić information content (AvgIpc) is 2.37. The van der Waals surface area contributed by atoms with Crippen molar-refractivity contribution in [1.82, 2.24) is 4.90 Å². The first kappa shape index (κ1) is 15.2. The molecule has 0 aliphatic rings. The highest BCUT2D eigenvalue weighted by Gasteiger charge is 2.22. The summed E-state index contributed by atoms with van der Waals surface area (Å²) in [6.45, 7) is 8.06. The zero-order chi connectivity index (χ0) is 14.4. The largest absolute Gasteiger partial charge is 0.508 e. The van der Waals surface area contributed by atoms with Crippen molar-refractivity contribution in [3.63, 3.8) is 0 Å². The van der Waals surface area contributed by atoms with Crippen LogP contribution in [0, 0.1) is 0 Å². The molecule has 19 heavy (non-hydrogen) atoms. The molecular weight excluding hydrogens is 240 g/mol. The molecule has 0 saturated carbocycles. The third-order valence-electron chi connectivity index (χ3n) is 2.94. The SMILES string of the molecule is C=CCN(C(=O)[C@@H](N)Cc1ccc(O)cc1)C(C)C. The number of carbonyl (C=O) groups is 1. The van der Waals surface area contributed by atoms with Gasteiger partial charge < -0.3 is 15.7 Å². The molecule has 4 heteroatoms. The summed E-state index contributed by atoms with van der Waals surface area (Å²) < 4.78 is 0. The summed E-state index contributed by atoms with van der Waals surface area (Å²) in [6.07, 6.45) is 2.16. The summed E-state index contributed by atoms with van der Waals surface area (Å²) in [5.41, 5.74) is 6.90. The second-order valence-electron chi connectivity index (χ2n) is 4.85. The Hall–Kier alpha value is -1.81. The van der Waals surface area contributed by atoms with E-state index in [2.05, 4.69) is 6.58 Å². The van der Waals surface area contributed by atoms with Gasteiger partial charge in [0.15, 0.2) is 0 Å². The lowest BCUT2D eigenvalue weighted by molar-refractivity contribution is -0.133. The summed E-state index contributed by atoms with van der Waals surface area (Å²) in [5.74, 6) is 0.127. The molecule has 0 aliphatic heterocycles. The molecule has 0 saturated heterocycles. The molecule has 0 radical (unpaired) electrons. The minimum Gasteiger partial charge on any atom is -0.508 e. The fraction of sp³-hybridized carbons (Fsp3) is 0.400. The molecule has 0 fully saturated rings. The van der Waals surface area contributed by atoms with Crippen LogP contribution in [0.15, 0.2) is 36.9 Å². The number of hydrogen-bond donors (Lipinski definition) is 2. The maximum atomic E-state index is 12.2. The molecule has 104 valence electrons. The van der Waals surface area contributed by atoms with Crippen LogP contribution in [0.3, 0.4) is 0 Å². The van der Waals surface area contributed by atoms with Gasteiger partial charge in [-0.2, -0.15) is 0 Å². The Morgan fingerprint density at radius 3 is 2.47 bits per heavy atom. The Morgan fingerprint density at radius 2 is 2.00 bits per heavy atom. The number of carbonyl (C=O) groups excluding carboxylic acids is 1. The lowest BCUT2D eigenvalue weighted by Crippen LogP contribution is -2.47. The van der Waals surface area contributed by atoms with Gasteiger partial charge in [0.1, 0.15) is 5.75 Å². The second-order valence-corrected chi connectivity index (χ2v) is 4.85. The first-order valence-corrected chi connectivity index (χ1v) is 6.40. The van der Waals surface area contributed by atoms with Crippen LogP contribution in [0.2, 0.25) is 0 Å². The van der Waals surface area contributed by atoms with Gasteiger partial charge in [0.2, 0.25) is 5.91 Å². The van der Waals surface area contributed by atoms with E-state index in [0.717, 1.165) is 5.56 Å². The molecule has 0 bridgehead atoms. The normalized spacial score (nSPS) is 12.2. The van der Waals surface area contributed by atoms with Crippen LogP contribution < -0.4 is 5.73 Å². The standard InChI is InChI=1S/C15H22N2O2/c1-4-9-17(11(2)3)15(19)14(16)10-12-5-7-13(18)8-6-12/h4-8,11,14,18H,1,9-10,16H2,2-3H3/t14-/m0/s1. The van der Waals surface area contributed by atoms with Gasteiger partial charge in [-0.25, -0.2) is 0 Å². The second kappa shape index (κ2) is 6.95. The van der Waals surface area contributed by atoms with Crippen molar-refractivity contribution >= 4 is 5.91 Å². The quantitative estimate of drug-likeness (QED) is 0.767. The molecule has 1 aromatic rings. The summed E-state index contributed by atoms with van der Waals surface area (Å²) in [7, 11) is 0. The average molecular weight is 262 g/mol. The van der Waals surface area contributed by atoms with E-state index < -0.39 is 6.04 Å². The summed E-state index contributed by atoms with van der Waals surface area (Å²) >= 11 is 0. The fourth-order valence-corrected chi connectivity index (χ4v) is 1.88. The molecule has 3 N–H and O–H groups in total. The topological polar surface area (TPSA) is 66.6 Å². The monoisotopic (exact) mass is 262 g/mol. The van der Waals surface area contributed by atoms with Crippen molar-refractivity contribution in [3.8, 4) is 5.75 Å². The number of rotatable bonds is 6. The number of aromatic hydroxyl groups is 1. The zero-order valence-electron chi connectivity index (χ0n) is 11.5. The van der Waals surface area contributed by atoms with E-state index in [9.17, 15) is 9.90 Å². The van der Waals surface area contributed by atoms with Gasteiger partial charge in [0.05, 0.1) is 6.04 Å². The predicted octanol–water partition coefficient (Wildman–Crippen LogP) is 1.68. The third-order valence-corrected chi connectivity index (χ3v) is 2.94. The maximum Gasteiger partial charge on any atom is 0.240 e. The molecule has 1 aromatic carbocycles. The Kier molecular flexibility index (Phi) is 5.57. The molecule has 1 atom stereocenters. The van der Waals surface area contributed by atoms with Gasteiger partial charge >= 0.3 is 0 Å². The Morgan fingerprint density at radius 1 is 1.42 bits per heavy atom. The number of hydrogen-bond acceptors (Lipinski definition) is 3. The number of phenols is 1. The maximum absolute atomic E-state index is 12.2. The van der Waals surface area contributed by atoms with Crippen LogP contribution in [0.1, 0.15) is 19.4 Å². The Balaban J connectivity index is 2.70. The van der Waals surface area contributed by atoms with Crippen molar-refractivity contribution in [1.29, 1.82) is 0 Å². The highest BCUT2D eigenvalue weighted by molar-refractivity contribution is 5.82. The van der Waals surface area contributed by atoms with Gasteiger partial charge in [0.25, 0.3) is 0 Å². The van der Waals surface area contributed by atoms with Crippen LogP contribution in [0.4, 0.5) is 0 Å². The van der Waals surface area contributed by atoms with E-state index >= 15 is 0 Å². The van der Waals surface area contributed by atoms with E-state index in [1.165, 1.54) is 0 Å². The first-order chi connectivity index (χ1) is 8.95. The minimum absolute atomic E-state index is 0.0806.